The molecule has 2 N–H and O–H groups in total. The summed E-state index contributed by atoms with van der Waals surface area (Å²) < 4.78 is 2.03. The summed E-state index contributed by atoms with van der Waals surface area (Å²) in [5.74, 6) is 0.928. The lowest BCUT2D eigenvalue weighted by Crippen LogP contribution is -2.49. The first-order valence-electron chi connectivity index (χ1n) is 8.72. The van der Waals surface area contributed by atoms with Crippen molar-refractivity contribution in [2.75, 3.05) is 20.1 Å². The number of pyridine rings is 1. The van der Waals surface area contributed by atoms with Crippen LogP contribution in [0.15, 0.2) is 29.5 Å². The fraction of sp³-hybridized carbons (Fsp3) is 0.500. The summed E-state index contributed by atoms with van der Waals surface area (Å²) >= 11 is 0. The number of fused-ring (bicyclic) bond motifs is 1. The summed E-state index contributed by atoms with van der Waals surface area (Å²) in [5, 5.41) is 6.77. The highest BCUT2D eigenvalue weighted by molar-refractivity contribution is 14.0. The average Bonchev–Trinajstić information content (AvgIpc) is 3.00. The number of guanidine groups is 1. The van der Waals surface area contributed by atoms with Crippen molar-refractivity contribution in [3.63, 3.8) is 0 Å². The lowest BCUT2D eigenvalue weighted by molar-refractivity contribution is -0.129. The fourth-order valence-corrected chi connectivity index (χ4v) is 3.12. The predicted octanol–water partition coefficient (Wildman–Crippen LogP) is 1.94. The molecule has 1 fully saturated rings. The smallest absolute Gasteiger partial charge is 0.219 e. The summed E-state index contributed by atoms with van der Waals surface area (Å²) in [5.41, 5.74) is 3.13. The highest BCUT2D eigenvalue weighted by Crippen LogP contribution is 2.10. The maximum Gasteiger partial charge on any atom is 0.219 e. The van der Waals surface area contributed by atoms with Gasteiger partial charge in [-0.25, -0.2) is 4.98 Å². The molecule has 1 aliphatic rings. The van der Waals surface area contributed by atoms with E-state index in [4.69, 9.17) is 0 Å². The molecule has 0 bridgehead atoms. The van der Waals surface area contributed by atoms with Crippen molar-refractivity contribution < 1.29 is 4.79 Å². The lowest BCUT2D eigenvalue weighted by atomic mass is 10.1. The van der Waals surface area contributed by atoms with Crippen LogP contribution in [0.1, 0.15) is 31.0 Å². The van der Waals surface area contributed by atoms with Crippen LogP contribution in [-0.2, 0) is 11.3 Å². The monoisotopic (exact) mass is 470 g/mol. The molecular weight excluding hydrogens is 443 g/mol. The van der Waals surface area contributed by atoms with Crippen LogP contribution in [0.5, 0.6) is 0 Å². The van der Waals surface area contributed by atoms with E-state index in [0.29, 0.717) is 12.6 Å². The van der Waals surface area contributed by atoms with E-state index in [1.165, 1.54) is 5.56 Å². The summed E-state index contributed by atoms with van der Waals surface area (Å²) in [6, 6.07) is 4.48. The Hall–Kier alpha value is -1.84. The van der Waals surface area contributed by atoms with Gasteiger partial charge in [0, 0.05) is 45.5 Å². The van der Waals surface area contributed by atoms with Crippen LogP contribution < -0.4 is 10.6 Å². The van der Waals surface area contributed by atoms with Crippen LogP contribution in [-0.4, -0.2) is 52.3 Å². The number of hydrogen-bond acceptors (Lipinski definition) is 3. The average molecular weight is 470 g/mol. The van der Waals surface area contributed by atoms with Crippen LogP contribution in [0.3, 0.4) is 0 Å². The van der Waals surface area contributed by atoms with Gasteiger partial charge in [0.25, 0.3) is 0 Å². The van der Waals surface area contributed by atoms with Gasteiger partial charge in [0.15, 0.2) is 5.96 Å². The number of piperidine rings is 1. The molecule has 7 nitrogen and oxygen atoms in total. The van der Waals surface area contributed by atoms with Crippen molar-refractivity contribution in [2.24, 2.45) is 4.99 Å². The molecule has 1 aliphatic heterocycles. The number of likely N-dealkylation sites (tertiary alicyclic amines) is 1. The number of carbonyl (C=O) groups excluding carboxylic acids is 1. The van der Waals surface area contributed by atoms with Gasteiger partial charge in [-0.05, 0) is 37.5 Å². The minimum Gasteiger partial charge on any atom is -0.354 e. The summed E-state index contributed by atoms with van der Waals surface area (Å²) in [7, 11) is 1.77. The van der Waals surface area contributed by atoms with Gasteiger partial charge in [0.2, 0.25) is 5.91 Å². The molecule has 142 valence electrons. The molecule has 26 heavy (non-hydrogen) atoms. The first kappa shape index (κ1) is 20.5. The first-order chi connectivity index (χ1) is 12.0. The van der Waals surface area contributed by atoms with Crippen molar-refractivity contribution in [3.8, 4) is 0 Å². The minimum atomic E-state index is 0. The zero-order valence-electron chi connectivity index (χ0n) is 15.5. The zero-order chi connectivity index (χ0) is 17.8. The second-order valence-corrected chi connectivity index (χ2v) is 6.55. The van der Waals surface area contributed by atoms with Crippen molar-refractivity contribution in [1.29, 1.82) is 0 Å². The van der Waals surface area contributed by atoms with E-state index in [2.05, 4.69) is 39.7 Å². The lowest BCUT2D eigenvalue weighted by Gasteiger charge is -2.32. The molecule has 0 aliphatic carbocycles. The normalized spacial score (nSPS) is 15.7. The van der Waals surface area contributed by atoms with Crippen LogP contribution >= 0.6 is 24.0 Å². The quantitative estimate of drug-likeness (QED) is 0.409. The predicted molar refractivity (Wildman–Crippen MR) is 114 cm³/mol. The highest BCUT2D eigenvalue weighted by Gasteiger charge is 2.21. The third-order valence-electron chi connectivity index (χ3n) is 4.61. The molecule has 2 aromatic heterocycles. The first-order valence-corrected chi connectivity index (χ1v) is 8.72. The van der Waals surface area contributed by atoms with E-state index in [1.807, 2.05) is 21.7 Å². The number of rotatable bonds is 3. The van der Waals surface area contributed by atoms with Gasteiger partial charge < -0.3 is 19.9 Å². The Morgan fingerprint density at radius 2 is 2.12 bits per heavy atom. The van der Waals surface area contributed by atoms with E-state index in [9.17, 15) is 4.79 Å². The van der Waals surface area contributed by atoms with Gasteiger partial charge in [0.05, 0.1) is 12.2 Å². The number of aliphatic imine (C=N–C) groups is 1. The number of nitrogens with zero attached hydrogens (tertiary/aromatic N) is 4. The van der Waals surface area contributed by atoms with Gasteiger partial charge in [-0.3, -0.25) is 9.79 Å². The molecule has 3 heterocycles. The number of hydrogen-bond donors (Lipinski definition) is 2. The Kier molecular flexibility index (Phi) is 7.24. The third kappa shape index (κ3) is 5.09. The van der Waals surface area contributed by atoms with Gasteiger partial charge >= 0.3 is 0 Å². The highest BCUT2D eigenvalue weighted by atomic mass is 127. The number of amides is 1. The molecule has 1 saturated heterocycles. The molecule has 0 atom stereocenters. The molecule has 0 spiro atoms. The number of imidazole rings is 1. The third-order valence-corrected chi connectivity index (χ3v) is 4.61. The summed E-state index contributed by atoms with van der Waals surface area (Å²) in [4.78, 5) is 22.2. The Bertz CT molecular complexity index is 779. The second kappa shape index (κ2) is 9.20. The minimum absolute atomic E-state index is 0. The van der Waals surface area contributed by atoms with Crippen molar-refractivity contribution in [1.82, 2.24) is 24.9 Å². The van der Waals surface area contributed by atoms with Gasteiger partial charge in [-0.15, -0.1) is 24.0 Å². The molecule has 8 heteroatoms. The molecule has 0 radical (unpaired) electrons. The SMILES string of the molecule is CN=C(NCc1cn2ccc(C)cc2n1)NC1CCN(C(C)=O)CC1.I. The van der Waals surface area contributed by atoms with Crippen LogP contribution in [0.4, 0.5) is 0 Å². The molecular formula is C18H27IN6O. The maximum atomic E-state index is 11.4. The van der Waals surface area contributed by atoms with Crippen molar-refractivity contribution >= 4 is 41.5 Å². The zero-order valence-corrected chi connectivity index (χ0v) is 17.9. The molecule has 0 saturated carbocycles. The maximum absolute atomic E-state index is 11.4. The van der Waals surface area contributed by atoms with E-state index in [1.54, 1.807) is 14.0 Å². The number of aromatic nitrogens is 2. The standard InChI is InChI=1S/C18H26N6O.HI/c1-13-4-7-24-12-16(21-17(24)10-13)11-20-18(19-3)22-15-5-8-23(9-6-15)14(2)25;/h4,7,10,12,15H,5-6,8-9,11H2,1-3H3,(H2,19,20,22);1H. The topological polar surface area (TPSA) is 74.0 Å². The van der Waals surface area contributed by atoms with Crippen LogP contribution in [0.25, 0.3) is 5.65 Å². The van der Waals surface area contributed by atoms with Crippen LogP contribution in [0.2, 0.25) is 0 Å². The Morgan fingerprint density at radius 3 is 2.77 bits per heavy atom. The Labute approximate surface area is 171 Å². The van der Waals surface area contributed by atoms with Gasteiger partial charge in [-0.2, -0.15) is 0 Å². The largest absolute Gasteiger partial charge is 0.354 e. The molecule has 2 aromatic rings. The van der Waals surface area contributed by atoms with E-state index >= 15 is 0 Å². The van der Waals surface area contributed by atoms with E-state index in [-0.39, 0.29) is 29.9 Å². The summed E-state index contributed by atoms with van der Waals surface area (Å²) in [6.45, 7) is 5.92. The summed E-state index contributed by atoms with van der Waals surface area (Å²) in [6.07, 6.45) is 5.93. The van der Waals surface area contributed by atoms with E-state index < -0.39 is 0 Å². The molecule has 0 aromatic carbocycles. The molecule has 1 amide bonds. The van der Waals surface area contributed by atoms with Crippen LogP contribution in [0, 0.1) is 6.92 Å². The Morgan fingerprint density at radius 1 is 1.38 bits per heavy atom. The fourth-order valence-electron chi connectivity index (χ4n) is 3.12. The molecule has 3 rings (SSSR count). The Balaban J connectivity index is 0.00000243. The van der Waals surface area contributed by atoms with Gasteiger partial charge in [0.1, 0.15) is 5.65 Å². The van der Waals surface area contributed by atoms with Gasteiger partial charge in [-0.1, -0.05) is 0 Å². The number of nitrogens with one attached hydrogen (secondary N) is 2. The number of aryl methyl sites for hydroxylation is 1. The van der Waals surface area contributed by atoms with Crippen molar-refractivity contribution in [3.05, 3.63) is 35.8 Å². The molecule has 0 unspecified atom stereocenters. The van der Waals surface area contributed by atoms with E-state index in [0.717, 1.165) is 43.2 Å². The number of carbonyl (C=O) groups is 1. The number of halogens is 1. The van der Waals surface area contributed by atoms with Crippen molar-refractivity contribution in [2.45, 2.75) is 39.3 Å². The second-order valence-electron chi connectivity index (χ2n) is 6.55.